The summed E-state index contributed by atoms with van der Waals surface area (Å²) in [5, 5.41) is 39.3. The molecule has 4 atom stereocenters. The van der Waals surface area contributed by atoms with Crippen LogP contribution in [0.5, 0.6) is 0 Å². The number of carbonyl (C=O) groups is 1. The molecule has 0 bridgehead atoms. The third kappa shape index (κ3) is 3.48. The summed E-state index contributed by atoms with van der Waals surface area (Å²) in [7, 11) is 0. The van der Waals surface area contributed by atoms with Crippen molar-refractivity contribution in [3.63, 3.8) is 0 Å². The molecule has 23 heavy (non-hydrogen) atoms. The zero-order chi connectivity index (χ0) is 17.4. The van der Waals surface area contributed by atoms with E-state index in [9.17, 15) is 30.2 Å². The zero-order valence-corrected chi connectivity index (χ0v) is 12.4. The molecule has 9 nitrogen and oxygen atoms in total. The van der Waals surface area contributed by atoms with Crippen LogP contribution in [0.25, 0.3) is 0 Å². The number of rotatable bonds is 4. The van der Waals surface area contributed by atoms with Crippen molar-refractivity contribution < 1.29 is 34.5 Å². The maximum Gasteiger partial charge on any atom is 0.338 e. The summed E-state index contributed by atoms with van der Waals surface area (Å²) in [6, 6.07) is 4.81. The summed E-state index contributed by atoms with van der Waals surface area (Å²) in [5.74, 6) is -0.781. The molecule has 0 radical (unpaired) electrons. The predicted molar refractivity (Wildman–Crippen MR) is 75.5 cm³/mol. The van der Waals surface area contributed by atoms with Gasteiger partial charge in [-0.3, -0.25) is 10.1 Å². The first-order valence-corrected chi connectivity index (χ1v) is 6.81. The van der Waals surface area contributed by atoms with Crippen LogP contribution in [0.15, 0.2) is 24.3 Å². The van der Waals surface area contributed by atoms with Gasteiger partial charge in [-0.15, -0.1) is 0 Å². The first kappa shape index (κ1) is 17.3. The van der Waals surface area contributed by atoms with Crippen molar-refractivity contribution in [2.45, 2.75) is 44.1 Å². The van der Waals surface area contributed by atoms with Crippen LogP contribution >= 0.6 is 0 Å². The largest absolute Gasteiger partial charge is 0.453 e. The van der Waals surface area contributed by atoms with Crippen LogP contribution in [0.4, 0.5) is 5.69 Å². The second kappa shape index (κ2) is 6.20. The lowest BCUT2D eigenvalue weighted by atomic mass is 9.95. The predicted octanol–water partition coefficient (Wildman–Crippen LogP) is -0.0308. The number of non-ortho nitro benzene ring substituents is 1. The fraction of sp³-hybridized carbons (Fsp3) is 0.500. The first-order valence-electron chi connectivity index (χ1n) is 6.81. The summed E-state index contributed by atoms with van der Waals surface area (Å²) < 4.78 is 10.3. The van der Waals surface area contributed by atoms with E-state index in [2.05, 4.69) is 0 Å². The second-order valence-corrected chi connectivity index (χ2v) is 5.73. The average Bonchev–Trinajstić information content (AvgIpc) is 2.75. The van der Waals surface area contributed by atoms with E-state index in [4.69, 9.17) is 9.47 Å². The minimum Gasteiger partial charge on any atom is -0.453 e. The number of hydrogen-bond acceptors (Lipinski definition) is 8. The molecule has 1 aliphatic rings. The Balaban J connectivity index is 2.10. The van der Waals surface area contributed by atoms with Crippen LogP contribution in [0.3, 0.4) is 0 Å². The Morgan fingerprint density at radius 1 is 1.22 bits per heavy atom. The summed E-state index contributed by atoms with van der Waals surface area (Å²) in [6.45, 7) is 2.91. The van der Waals surface area contributed by atoms with Gasteiger partial charge in [0, 0.05) is 12.1 Å². The lowest BCUT2D eigenvalue weighted by Gasteiger charge is -2.32. The molecule has 1 heterocycles. The highest BCUT2D eigenvalue weighted by atomic mass is 16.7. The molecule has 126 valence electrons. The van der Waals surface area contributed by atoms with Crippen molar-refractivity contribution in [1.29, 1.82) is 0 Å². The Kier molecular flexibility index (Phi) is 4.66. The van der Waals surface area contributed by atoms with Crippen LogP contribution in [-0.4, -0.2) is 56.4 Å². The number of benzene rings is 1. The Labute approximate surface area is 131 Å². The highest BCUT2D eigenvalue weighted by molar-refractivity contribution is 5.90. The van der Waals surface area contributed by atoms with E-state index in [0.717, 1.165) is 12.1 Å². The molecule has 2 rings (SSSR count). The zero-order valence-electron chi connectivity index (χ0n) is 12.4. The van der Waals surface area contributed by atoms with Crippen molar-refractivity contribution in [2.24, 2.45) is 0 Å². The van der Waals surface area contributed by atoms with E-state index in [-0.39, 0.29) is 11.3 Å². The van der Waals surface area contributed by atoms with Gasteiger partial charge in [0.05, 0.1) is 10.5 Å². The minimum atomic E-state index is -1.58. The Morgan fingerprint density at radius 2 is 1.78 bits per heavy atom. The molecule has 0 aliphatic carbocycles. The van der Waals surface area contributed by atoms with Crippen molar-refractivity contribution >= 4 is 11.7 Å². The number of nitrogens with zero attached hydrogens (tertiary/aromatic N) is 1. The first-order chi connectivity index (χ1) is 10.6. The van der Waals surface area contributed by atoms with Crippen molar-refractivity contribution in [1.82, 2.24) is 0 Å². The summed E-state index contributed by atoms with van der Waals surface area (Å²) >= 11 is 0. The van der Waals surface area contributed by atoms with Gasteiger partial charge in [-0.2, -0.15) is 0 Å². The Hall–Kier alpha value is -2.07. The molecule has 0 aromatic heterocycles. The molecule has 1 fully saturated rings. The molecule has 0 amide bonds. The van der Waals surface area contributed by atoms with Gasteiger partial charge in [-0.05, 0) is 26.0 Å². The molecule has 1 unspecified atom stereocenters. The Morgan fingerprint density at radius 3 is 2.22 bits per heavy atom. The fourth-order valence-electron chi connectivity index (χ4n) is 2.31. The monoisotopic (exact) mass is 327 g/mol. The van der Waals surface area contributed by atoms with E-state index in [1.807, 2.05) is 0 Å². The molecule has 1 aliphatic heterocycles. The van der Waals surface area contributed by atoms with Crippen LogP contribution < -0.4 is 0 Å². The molecule has 3 N–H and O–H groups in total. The molecule has 1 aromatic rings. The van der Waals surface area contributed by atoms with E-state index < -0.39 is 41.1 Å². The molecule has 0 saturated carbocycles. The lowest BCUT2D eigenvalue weighted by molar-refractivity contribution is -0.384. The lowest BCUT2D eigenvalue weighted by Crippen LogP contribution is -2.48. The number of ether oxygens (including phenoxy) is 2. The van der Waals surface area contributed by atoms with Crippen molar-refractivity contribution in [3.05, 3.63) is 39.9 Å². The quantitative estimate of drug-likeness (QED) is 0.398. The number of aliphatic hydroxyl groups is 3. The van der Waals surface area contributed by atoms with Crippen LogP contribution in [-0.2, 0) is 9.47 Å². The summed E-state index contributed by atoms with van der Waals surface area (Å²) in [4.78, 5) is 22.1. The van der Waals surface area contributed by atoms with Gasteiger partial charge in [0.15, 0.2) is 6.29 Å². The van der Waals surface area contributed by atoms with Gasteiger partial charge in [0.2, 0.25) is 0 Å². The minimum absolute atomic E-state index is 0.0808. The molecular weight excluding hydrogens is 310 g/mol. The highest BCUT2D eigenvalue weighted by Gasteiger charge is 2.51. The van der Waals surface area contributed by atoms with E-state index >= 15 is 0 Å². The standard InChI is InChI=1S/C14H17NO8/c1-14(2,11-9(16)10(17)13(19)22-11)23-12(18)7-3-5-8(6-4-7)15(20)21/h3-6,9-11,13,16-17,19H,1-2H3/t9-,10+,11-,13?/m0/s1. The number of carbonyl (C=O) groups excluding carboxylic acids is 1. The smallest absolute Gasteiger partial charge is 0.338 e. The number of nitro benzene ring substituents is 1. The topological polar surface area (TPSA) is 139 Å². The van der Waals surface area contributed by atoms with E-state index in [1.165, 1.54) is 26.0 Å². The van der Waals surface area contributed by atoms with Gasteiger partial charge < -0.3 is 24.8 Å². The second-order valence-electron chi connectivity index (χ2n) is 5.73. The third-order valence-electron chi connectivity index (χ3n) is 3.59. The SMILES string of the molecule is CC(C)(OC(=O)c1ccc([N+](=O)[O-])cc1)[C@H]1OC(O)[C@H](O)[C@@H]1O. The van der Waals surface area contributed by atoms with Crippen molar-refractivity contribution in [2.75, 3.05) is 0 Å². The summed E-state index contributed by atoms with van der Waals surface area (Å²) in [5.41, 5.74) is -1.43. The number of nitro groups is 1. The van der Waals surface area contributed by atoms with Crippen LogP contribution in [0.2, 0.25) is 0 Å². The van der Waals surface area contributed by atoms with Gasteiger partial charge in [0.25, 0.3) is 5.69 Å². The number of esters is 1. The van der Waals surface area contributed by atoms with Crippen LogP contribution in [0.1, 0.15) is 24.2 Å². The number of aliphatic hydroxyl groups excluding tert-OH is 3. The fourth-order valence-corrected chi connectivity index (χ4v) is 2.31. The Bertz CT molecular complexity index is 599. The third-order valence-corrected chi connectivity index (χ3v) is 3.59. The normalized spacial score (nSPS) is 27.7. The van der Waals surface area contributed by atoms with Crippen LogP contribution in [0, 0.1) is 10.1 Å². The molecule has 1 saturated heterocycles. The van der Waals surface area contributed by atoms with E-state index in [0.29, 0.717) is 0 Å². The maximum absolute atomic E-state index is 12.1. The van der Waals surface area contributed by atoms with Crippen molar-refractivity contribution in [3.8, 4) is 0 Å². The van der Waals surface area contributed by atoms with Gasteiger partial charge in [-0.25, -0.2) is 4.79 Å². The highest BCUT2D eigenvalue weighted by Crippen LogP contribution is 2.31. The summed E-state index contributed by atoms with van der Waals surface area (Å²) in [6.07, 6.45) is -5.64. The number of hydrogen-bond donors (Lipinski definition) is 3. The molecule has 9 heteroatoms. The van der Waals surface area contributed by atoms with Gasteiger partial charge >= 0.3 is 5.97 Å². The van der Waals surface area contributed by atoms with Gasteiger partial charge in [0.1, 0.15) is 23.9 Å². The molecule has 1 aromatic carbocycles. The van der Waals surface area contributed by atoms with E-state index in [1.54, 1.807) is 0 Å². The molecule has 0 spiro atoms. The van der Waals surface area contributed by atoms with Gasteiger partial charge in [-0.1, -0.05) is 0 Å². The molecular formula is C14H17NO8. The average molecular weight is 327 g/mol. The maximum atomic E-state index is 12.1.